The average Bonchev–Trinajstić information content (AvgIpc) is 2.30. The molecule has 0 aliphatic rings. The Bertz CT molecular complexity index is 354. The minimum Gasteiger partial charge on any atom is -0.466 e. The van der Waals surface area contributed by atoms with Crippen molar-refractivity contribution >= 4 is 27.7 Å². The van der Waals surface area contributed by atoms with E-state index in [1.807, 2.05) is 26.0 Å². The summed E-state index contributed by atoms with van der Waals surface area (Å²) < 4.78 is 5.82. The predicted molar refractivity (Wildman–Crippen MR) is 70.9 cm³/mol. The minimum atomic E-state index is -0.148. The van der Waals surface area contributed by atoms with E-state index in [2.05, 4.69) is 26.2 Å². The van der Waals surface area contributed by atoms with Crippen LogP contribution in [0, 0.1) is 0 Å². The third-order valence-corrected chi connectivity index (χ3v) is 2.68. The number of aromatic nitrogens is 1. The van der Waals surface area contributed by atoms with Crippen molar-refractivity contribution in [1.29, 1.82) is 0 Å². The Morgan fingerprint density at radius 3 is 2.94 bits per heavy atom. The van der Waals surface area contributed by atoms with E-state index in [4.69, 9.17) is 4.74 Å². The van der Waals surface area contributed by atoms with E-state index in [0.717, 1.165) is 16.7 Å². The molecule has 0 amide bonds. The lowest BCUT2D eigenvalue weighted by atomic mass is 10.2. The first-order valence-electron chi connectivity index (χ1n) is 5.65. The van der Waals surface area contributed by atoms with Gasteiger partial charge in [0, 0.05) is 23.1 Å². The number of hydrogen-bond donors (Lipinski definition) is 1. The van der Waals surface area contributed by atoms with Crippen LogP contribution in [0.5, 0.6) is 0 Å². The summed E-state index contributed by atoms with van der Waals surface area (Å²) in [7, 11) is 0. The lowest BCUT2D eigenvalue weighted by Crippen LogP contribution is -2.18. The standard InChI is InChI=1S/C12H17BrN2O2/c1-3-17-12(16)7-4-9(2)15-11-6-5-10(13)8-14-11/h5-6,8-9H,3-4,7H2,1-2H3,(H,14,15). The molecule has 1 aromatic heterocycles. The average molecular weight is 301 g/mol. The molecule has 0 bridgehead atoms. The van der Waals surface area contributed by atoms with E-state index in [1.165, 1.54) is 0 Å². The highest BCUT2D eigenvalue weighted by atomic mass is 79.9. The van der Waals surface area contributed by atoms with E-state index < -0.39 is 0 Å². The fraction of sp³-hybridized carbons (Fsp3) is 0.500. The number of carbonyl (C=O) groups is 1. The van der Waals surface area contributed by atoms with Gasteiger partial charge in [-0.15, -0.1) is 0 Å². The number of nitrogens with zero attached hydrogens (tertiary/aromatic N) is 1. The molecular weight excluding hydrogens is 284 g/mol. The van der Waals surface area contributed by atoms with Crippen LogP contribution in [0.15, 0.2) is 22.8 Å². The molecule has 1 N–H and O–H groups in total. The molecule has 1 rings (SSSR count). The van der Waals surface area contributed by atoms with E-state index in [1.54, 1.807) is 6.20 Å². The van der Waals surface area contributed by atoms with Crippen LogP contribution < -0.4 is 5.32 Å². The van der Waals surface area contributed by atoms with Crippen molar-refractivity contribution < 1.29 is 9.53 Å². The Hall–Kier alpha value is -1.10. The van der Waals surface area contributed by atoms with Gasteiger partial charge in [-0.2, -0.15) is 0 Å². The number of hydrogen-bond acceptors (Lipinski definition) is 4. The van der Waals surface area contributed by atoms with Gasteiger partial charge >= 0.3 is 5.97 Å². The number of pyridine rings is 1. The fourth-order valence-corrected chi connectivity index (χ4v) is 1.59. The van der Waals surface area contributed by atoms with Crippen LogP contribution in [0.3, 0.4) is 0 Å². The predicted octanol–water partition coefficient (Wildman–Crippen LogP) is 2.99. The summed E-state index contributed by atoms with van der Waals surface area (Å²) in [6.07, 6.45) is 2.90. The van der Waals surface area contributed by atoms with Crippen molar-refractivity contribution in [2.45, 2.75) is 32.7 Å². The van der Waals surface area contributed by atoms with Crippen LogP contribution in [-0.2, 0) is 9.53 Å². The van der Waals surface area contributed by atoms with Gasteiger partial charge < -0.3 is 10.1 Å². The second kappa shape index (κ2) is 7.27. The van der Waals surface area contributed by atoms with E-state index >= 15 is 0 Å². The lowest BCUT2D eigenvalue weighted by molar-refractivity contribution is -0.143. The van der Waals surface area contributed by atoms with Gasteiger partial charge in [0.15, 0.2) is 0 Å². The molecule has 1 heterocycles. The lowest BCUT2D eigenvalue weighted by Gasteiger charge is -2.13. The monoisotopic (exact) mass is 300 g/mol. The van der Waals surface area contributed by atoms with Crippen LogP contribution in [0.1, 0.15) is 26.7 Å². The van der Waals surface area contributed by atoms with Gasteiger partial charge in [-0.1, -0.05) is 0 Å². The highest BCUT2D eigenvalue weighted by molar-refractivity contribution is 9.10. The van der Waals surface area contributed by atoms with Crippen molar-refractivity contribution in [2.24, 2.45) is 0 Å². The normalized spacial score (nSPS) is 11.9. The van der Waals surface area contributed by atoms with Crippen LogP contribution in [0.2, 0.25) is 0 Å². The quantitative estimate of drug-likeness (QED) is 0.821. The molecular formula is C12H17BrN2O2. The highest BCUT2D eigenvalue weighted by Crippen LogP contribution is 2.12. The Kier molecular flexibility index (Phi) is 5.97. The largest absolute Gasteiger partial charge is 0.466 e. The second-order valence-corrected chi connectivity index (χ2v) is 4.67. The zero-order chi connectivity index (χ0) is 12.7. The molecule has 0 radical (unpaired) electrons. The molecule has 0 aliphatic carbocycles. The SMILES string of the molecule is CCOC(=O)CCC(C)Nc1ccc(Br)cn1. The number of ether oxygens (including phenoxy) is 1. The fourth-order valence-electron chi connectivity index (χ4n) is 1.35. The van der Waals surface area contributed by atoms with Crippen molar-refractivity contribution in [2.75, 3.05) is 11.9 Å². The summed E-state index contributed by atoms with van der Waals surface area (Å²) in [6.45, 7) is 4.27. The third kappa shape index (κ3) is 5.68. The topological polar surface area (TPSA) is 51.2 Å². The molecule has 1 unspecified atom stereocenters. The van der Waals surface area contributed by atoms with Gasteiger partial charge in [0.25, 0.3) is 0 Å². The molecule has 0 spiro atoms. The van der Waals surface area contributed by atoms with Crippen molar-refractivity contribution in [1.82, 2.24) is 4.98 Å². The van der Waals surface area contributed by atoms with Crippen molar-refractivity contribution in [3.05, 3.63) is 22.8 Å². The van der Waals surface area contributed by atoms with Gasteiger partial charge in [-0.05, 0) is 48.3 Å². The molecule has 17 heavy (non-hydrogen) atoms. The summed E-state index contributed by atoms with van der Waals surface area (Å²) in [6, 6.07) is 4.01. The first-order valence-corrected chi connectivity index (χ1v) is 6.45. The van der Waals surface area contributed by atoms with Crippen molar-refractivity contribution in [3.63, 3.8) is 0 Å². The van der Waals surface area contributed by atoms with E-state index in [9.17, 15) is 4.79 Å². The number of rotatable bonds is 6. The van der Waals surface area contributed by atoms with Gasteiger partial charge in [-0.25, -0.2) is 4.98 Å². The van der Waals surface area contributed by atoms with Gasteiger partial charge in [-0.3, -0.25) is 4.79 Å². The summed E-state index contributed by atoms with van der Waals surface area (Å²) in [4.78, 5) is 15.4. The second-order valence-electron chi connectivity index (χ2n) is 3.75. The maximum Gasteiger partial charge on any atom is 0.305 e. The number of carbonyl (C=O) groups excluding carboxylic acids is 1. The van der Waals surface area contributed by atoms with Gasteiger partial charge in [0.2, 0.25) is 0 Å². The van der Waals surface area contributed by atoms with Gasteiger partial charge in [0.05, 0.1) is 6.61 Å². The molecule has 1 aromatic rings. The summed E-state index contributed by atoms with van der Waals surface area (Å²) in [5.41, 5.74) is 0. The molecule has 4 nitrogen and oxygen atoms in total. The van der Waals surface area contributed by atoms with E-state index in [-0.39, 0.29) is 12.0 Å². The molecule has 0 aliphatic heterocycles. The van der Waals surface area contributed by atoms with Crippen LogP contribution >= 0.6 is 15.9 Å². The Balaban J connectivity index is 2.31. The number of nitrogens with one attached hydrogen (secondary N) is 1. The molecule has 0 fully saturated rings. The smallest absolute Gasteiger partial charge is 0.305 e. The van der Waals surface area contributed by atoms with Crippen molar-refractivity contribution in [3.8, 4) is 0 Å². The first kappa shape index (κ1) is 14.0. The maximum atomic E-state index is 11.2. The van der Waals surface area contributed by atoms with Crippen LogP contribution in [-0.4, -0.2) is 23.6 Å². The molecule has 94 valence electrons. The number of esters is 1. The molecule has 1 atom stereocenters. The first-order chi connectivity index (χ1) is 8.11. The Morgan fingerprint density at radius 2 is 2.35 bits per heavy atom. The van der Waals surface area contributed by atoms with E-state index in [0.29, 0.717) is 13.0 Å². The molecule has 5 heteroatoms. The molecule has 0 saturated heterocycles. The Morgan fingerprint density at radius 1 is 1.59 bits per heavy atom. The molecule has 0 aromatic carbocycles. The van der Waals surface area contributed by atoms with Crippen LogP contribution in [0.4, 0.5) is 5.82 Å². The number of anilines is 1. The summed E-state index contributed by atoms with van der Waals surface area (Å²) >= 11 is 3.33. The zero-order valence-electron chi connectivity index (χ0n) is 10.1. The summed E-state index contributed by atoms with van der Waals surface area (Å²) in [5, 5.41) is 3.23. The highest BCUT2D eigenvalue weighted by Gasteiger charge is 2.07. The Labute approximate surface area is 110 Å². The van der Waals surface area contributed by atoms with Gasteiger partial charge in [0.1, 0.15) is 5.82 Å². The zero-order valence-corrected chi connectivity index (χ0v) is 11.7. The molecule has 0 saturated carbocycles. The van der Waals surface area contributed by atoms with Crippen LogP contribution in [0.25, 0.3) is 0 Å². The third-order valence-electron chi connectivity index (χ3n) is 2.21. The number of halogens is 1. The summed E-state index contributed by atoms with van der Waals surface area (Å²) in [5.74, 6) is 0.662. The minimum absolute atomic E-state index is 0.148. The maximum absolute atomic E-state index is 11.2.